The molecule has 5 nitrogen and oxygen atoms in total. The highest BCUT2D eigenvalue weighted by molar-refractivity contribution is 7.99. The monoisotopic (exact) mass is 296 g/mol. The van der Waals surface area contributed by atoms with Gasteiger partial charge >= 0.3 is 12.0 Å². The summed E-state index contributed by atoms with van der Waals surface area (Å²) < 4.78 is 13.5. The first kappa shape index (κ1) is 15.9. The van der Waals surface area contributed by atoms with Gasteiger partial charge in [0, 0.05) is 12.3 Å². The van der Waals surface area contributed by atoms with Gasteiger partial charge < -0.3 is 15.7 Å². The summed E-state index contributed by atoms with van der Waals surface area (Å²) in [5, 5.41) is 13.5. The van der Waals surface area contributed by atoms with Crippen LogP contribution in [0.3, 0.4) is 0 Å². The molecule has 0 heterocycles. The first-order chi connectivity index (χ1) is 9.54. The van der Waals surface area contributed by atoms with Crippen molar-refractivity contribution in [3.8, 4) is 12.3 Å². The van der Waals surface area contributed by atoms with Crippen molar-refractivity contribution in [3.63, 3.8) is 0 Å². The minimum absolute atomic E-state index is 0.0798. The Labute approximate surface area is 119 Å². The highest BCUT2D eigenvalue weighted by Gasteiger charge is 2.10. The molecule has 0 radical (unpaired) electrons. The molecule has 0 atom stereocenters. The van der Waals surface area contributed by atoms with Gasteiger partial charge in [0.1, 0.15) is 5.82 Å². The summed E-state index contributed by atoms with van der Waals surface area (Å²) in [5.74, 6) is 1.63. The van der Waals surface area contributed by atoms with Crippen LogP contribution < -0.4 is 10.6 Å². The summed E-state index contributed by atoms with van der Waals surface area (Å²) in [6.07, 6.45) is 5.07. The molecule has 20 heavy (non-hydrogen) atoms. The van der Waals surface area contributed by atoms with Gasteiger partial charge in [-0.3, -0.25) is 0 Å². The molecule has 1 rings (SSSR count). The maximum Gasteiger partial charge on any atom is 0.335 e. The standard InChI is InChI=1S/C13H13FN2O3S/c1-2-6-20-7-5-15-13(19)16-11-4-3-9(12(17)18)8-10(11)14/h1,3-4,8H,5-7H2,(H,17,18)(H2,15,16,19). The van der Waals surface area contributed by atoms with E-state index in [0.717, 1.165) is 6.07 Å². The Balaban J connectivity index is 2.46. The van der Waals surface area contributed by atoms with Crippen LogP contribution in [-0.2, 0) is 0 Å². The summed E-state index contributed by atoms with van der Waals surface area (Å²) in [4.78, 5) is 22.1. The predicted molar refractivity (Wildman–Crippen MR) is 76.5 cm³/mol. The third kappa shape index (κ3) is 5.20. The Morgan fingerprint density at radius 1 is 1.45 bits per heavy atom. The number of thioether (sulfide) groups is 1. The Hall–Kier alpha value is -2.20. The molecule has 0 bridgehead atoms. The van der Waals surface area contributed by atoms with Crippen molar-refractivity contribution in [2.45, 2.75) is 0 Å². The van der Waals surface area contributed by atoms with Crippen molar-refractivity contribution in [2.24, 2.45) is 0 Å². The maximum atomic E-state index is 13.5. The molecule has 3 N–H and O–H groups in total. The smallest absolute Gasteiger partial charge is 0.335 e. The van der Waals surface area contributed by atoms with Crippen LogP contribution in [-0.4, -0.2) is 35.2 Å². The van der Waals surface area contributed by atoms with Crippen LogP contribution in [0, 0.1) is 18.2 Å². The number of aromatic carboxylic acids is 1. The third-order valence-electron chi connectivity index (χ3n) is 2.18. The summed E-state index contributed by atoms with van der Waals surface area (Å²) in [6.45, 7) is 0.396. The van der Waals surface area contributed by atoms with Crippen molar-refractivity contribution < 1.29 is 19.1 Å². The van der Waals surface area contributed by atoms with Crippen molar-refractivity contribution in [1.82, 2.24) is 5.32 Å². The largest absolute Gasteiger partial charge is 0.478 e. The number of carbonyl (C=O) groups excluding carboxylic acids is 1. The van der Waals surface area contributed by atoms with Gasteiger partial charge in [0.15, 0.2) is 0 Å². The molecule has 1 aromatic carbocycles. The van der Waals surface area contributed by atoms with E-state index in [1.165, 1.54) is 23.9 Å². The van der Waals surface area contributed by atoms with E-state index in [-0.39, 0.29) is 11.3 Å². The van der Waals surface area contributed by atoms with Crippen LogP contribution in [0.1, 0.15) is 10.4 Å². The highest BCUT2D eigenvalue weighted by Crippen LogP contribution is 2.15. The molecule has 0 unspecified atom stereocenters. The fourth-order valence-corrected chi connectivity index (χ4v) is 1.79. The SMILES string of the molecule is C#CCSCCNC(=O)Nc1ccc(C(=O)O)cc1F. The molecule has 0 fully saturated rings. The van der Waals surface area contributed by atoms with E-state index in [4.69, 9.17) is 11.5 Å². The summed E-state index contributed by atoms with van der Waals surface area (Å²) in [7, 11) is 0. The Morgan fingerprint density at radius 3 is 2.80 bits per heavy atom. The normalized spacial score (nSPS) is 9.60. The van der Waals surface area contributed by atoms with E-state index < -0.39 is 17.8 Å². The molecular weight excluding hydrogens is 283 g/mol. The van der Waals surface area contributed by atoms with Gasteiger partial charge in [0.05, 0.1) is 17.0 Å². The van der Waals surface area contributed by atoms with E-state index in [1.807, 2.05) is 0 Å². The fraction of sp³-hybridized carbons (Fsp3) is 0.231. The lowest BCUT2D eigenvalue weighted by atomic mass is 10.2. The predicted octanol–water partition coefficient (Wildman–Crippen LogP) is 2.01. The third-order valence-corrected chi connectivity index (χ3v) is 3.05. The zero-order valence-electron chi connectivity index (χ0n) is 10.5. The average Bonchev–Trinajstić information content (AvgIpc) is 2.40. The number of carboxylic acids is 1. The lowest BCUT2D eigenvalue weighted by Crippen LogP contribution is -2.30. The van der Waals surface area contributed by atoms with E-state index in [1.54, 1.807) is 0 Å². The first-order valence-corrected chi connectivity index (χ1v) is 6.79. The van der Waals surface area contributed by atoms with Gasteiger partial charge in [0.2, 0.25) is 0 Å². The first-order valence-electron chi connectivity index (χ1n) is 5.63. The number of anilines is 1. The van der Waals surface area contributed by atoms with Crippen LogP contribution in [0.4, 0.5) is 14.9 Å². The van der Waals surface area contributed by atoms with E-state index in [9.17, 15) is 14.0 Å². The molecule has 0 saturated heterocycles. The van der Waals surface area contributed by atoms with Gasteiger partial charge in [-0.05, 0) is 18.2 Å². The number of hydrogen-bond donors (Lipinski definition) is 3. The second kappa shape index (κ2) is 8.07. The minimum Gasteiger partial charge on any atom is -0.478 e. The zero-order chi connectivity index (χ0) is 15.0. The van der Waals surface area contributed by atoms with E-state index >= 15 is 0 Å². The van der Waals surface area contributed by atoms with Crippen LogP contribution in [0.2, 0.25) is 0 Å². The van der Waals surface area contributed by atoms with E-state index in [0.29, 0.717) is 18.1 Å². The minimum atomic E-state index is -1.23. The van der Waals surface area contributed by atoms with E-state index in [2.05, 4.69) is 16.6 Å². The number of carbonyl (C=O) groups is 2. The number of halogens is 1. The number of benzene rings is 1. The average molecular weight is 296 g/mol. The van der Waals surface area contributed by atoms with Crippen LogP contribution >= 0.6 is 11.8 Å². The zero-order valence-corrected chi connectivity index (χ0v) is 11.3. The van der Waals surface area contributed by atoms with Gasteiger partial charge in [-0.2, -0.15) is 0 Å². The number of amides is 2. The molecule has 0 aromatic heterocycles. The van der Waals surface area contributed by atoms with Gasteiger partial charge in [0.25, 0.3) is 0 Å². The maximum absolute atomic E-state index is 13.5. The van der Waals surface area contributed by atoms with Gasteiger partial charge in [-0.15, -0.1) is 18.2 Å². The lowest BCUT2D eigenvalue weighted by Gasteiger charge is -2.08. The summed E-state index contributed by atoms with van der Waals surface area (Å²) in [6, 6.07) is 2.70. The Bertz CT molecular complexity index is 543. The van der Waals surface area contributed by atoms with Crippen molar-refractivity contribution in [3.05, 3.63) is 29.6 Å². The second-order valence-corrected chi connectivity index (χ2v) is 4.74. The molecule has 1 aromatic rings. The van der Waals surface area contributed by atoms with Gasteiger partial charge in [-0.25, -0.2) is 14.0 Å². The number of carboxylic acid groups (broad SMARTS) is 1. The molecule has 0 aliphatic heterocycles. The number of rotatable bonds is 6. The highest BCUT2D eigenvalue weighted by atomic mass is 32.2. The molecule has 0 aliphatic rings. The second-order valence-electron chi connectivity index (χ2n) is 3.64. The lowest BCUT2D eigenvalue weighted by molar-refractivity contribution is 0.0696. The van der Waals surface area contributed by atoms with Crippen molar-refractivity contribution in [1.29, 1.82) is 0 Å². The molecule has 0 saturated carbocycles. The number of nitrogens with one attached hydrogen (secondary N) is 2. The summed E-state index contributed by atoms with van der Waals surface area (Å²) in [5.41, 5.74) is -0.261. The van der Waals surface area contributed by atoms with Crippen LogP contribution in [0.25, 0.3) is 0 Å². The summed E-state index contributed by atoms with van der Waals surface area (Å²) >= 11 is 1.49. The van der Waals surface area contributed by atoms with Crippen molar-refractivity contribution >= 4 is 29.4 Å². The van der Waals surface area contributed by atoms with Crippen molar-refractivity contribution in [2.75, 3.05) is 23.4 Å². The number of hydrogen-bond acceptors (Lipinski definition) is 3. The Morgan fingerprint density at radius 2 is 2.20 bits per heavy atom. The van der Waals surface area contributed by atoms with Gasteiger partial charge in [-0.1, -0.05) is 5.92 Å². The molecule has 106 valence electrons. The molecule has 0 spiro atoms. The molecule has 0 aliphatic carbocycles. The molecule has 2 amide bonds. The molecular formula is C13H13FN2O3S. The van der Waals surface area contributed by atoms with Crippen LogP contribution in [0.5, 0.6) is 0 Å². The topological polar surface area (TPSA) is 78.4 Å². The van der Waals surface area contributed by atoms with Crippen LogP contribution in [0.15, 0.2) is 18.2 Å². The number of urea groups is 1. The fourth-order valence-electron chi connectivity index (χ4n) is 1.28. The molecule has 7 heteroatoms. The number of terminal acetylenes is 1. The Kier molecular flexibility index (Phi) is 6.40. The quantitative estimate of drug-likeness (QED) is 0.554.